The number of fused-ring (bicyclic) bond motifs is 1. The number of likely N-dealkylation sites (tertiary alicyclic amines) is 1. The molecule has 2 amide bonds. The zero-order valence-electron chi connectivity index (χ0n) is 13.3. The van der Waals surface area contributed by atoms with Crippen LogP contribution in [0.3, 0.4) is 0 Å². The predicted octanol–water partition coefficient (Wildman–Crippen LogP) is 1.36. The number of carbonyl (C=O) groups is 2. The minimum atomic E-state index is -0.0442. The Morgan fingerprint density at radius 3 is 2.68 bits per heavy atom. The van der Waals surface area contributed by atoms with Crippen LogP contribution in [-0.2, 0) is 9.53 Å². The number of piperidine rings is 1. The first-order chi connectivity index (χ1) is 10.5. The van der Waals surface area contributed by atoms with Gasteiger partial charge in [0.1, 0.15) is 11.5 Å². The molecule has 1 aromatic rings. The highest BCUT2D eigenvalue weighted by molar-refractivity contribution is 5.95. The van der Waals surface area contributed by atoms with Gasteiger partial charge in [-0.25, -0.2) is 0 Å². The van der Waals surface area contributed by atoms with Gasteiger partial charge in [0.05, 0.1) is 24.3 Å². The number of hydrogen-bond acceptors (Lipinski definition) is 4. The highest BCUT2D eigenvalue weighted by atomic mass is 16.5. The molecule has 2 aliphatic rings. The minimum absolute atomic E-state index is 0.0260. The number of nitrogens with zero attached hydrogens (tertiary/aromatic N) is 2. The molecular weight excluding hydrogens is 284 g/mol. The molecule has 1 aromatic heterocycles. The van der Waals surface area contributed by atoms with Crippen molar-refractivity contribution in [3.8, 4) is 0 Å². The quantitative estimate of drug-likeness (QED) is 0.786. The molecule has 0 unspecified atom stereocenters. The van der Waals surface area contributed by atoms with Gasteiger partial charge >= 0.3 is 0 Å². The molecule has 0 spiro atoms. The van der Waals surface area contributed by atoms with Gasteiger partial charge in [0, 0.05) is 26.6 Å². The molecular formula is C16H22N2O4. The van der Waals surface area contributed by atoms with Crippen LogP contribution in [0.4, 0.5) is 0 Å². The third-order valence-electron chi connectivity index (χ3n) is 4.55. The number of rotatable bonds is 1. The van der Waals surface area contributed by atoms with Crippen LogP contribution in [-0.4, -0.2) is 60.0 Å². The molecule has 0 saturated carbocycles. The van der Waals surface area contributed by atoms with Crippen LogP contribution in [0.5, 0.6) is 0 Å². The summed E-state index contributed by atoms with van der Waals surface area (Å²) in [6, 6.07) is 1.74. The van der Waals surface area contributed by atoms with Crippen LogP contribution < -0.4 is 0 Å². The Morgan fingerprint density at radius 1 is 1.27 bits per heavy atom. The van der Waals surface area contributed by atoms with E-state index < -0.39 is 0 Å². The lowest BCUT2D eigenvalue weighted by Gasteiger charge is -2.46. The molecule has 2 saturated heterocycles. The molecule has 0 bridgehead atoms. The molecule has 3 rings (SSSR count). The lowest BCUT2D eigenvalue weighted by molar-refractivity contribution is -0.149. The number of carbonyl (C=O) groups excluding carboxylic acids is 2. The van der Waals surface area contributed by atoms with E-state index in [2.05, 4.69) is 0 Å². The van der Waals surface area contributed by atoms with E-state index in [-0.39, 0.29) is 24.0 Å². The summed E-state index contributed by atoms with van der Waals surface area (Å²) in [4.78, 5) is 28.2. The standard InChI is InChI=1S/C16H22N2O4/c1-10-8-13(11(2)22-10)16(20)17-5-4-15-14(9-17)18(12(3)19)6-7-21-15/h8,14-15H,4-7,9H2,1-3H3/t14-,15-/m1/s1. The lowest BCUT2D eigenvalue weighted by atomic mass is 9.98. The normalized spacial score (nSPS) is 25.0. The van der Waals surface area contributed by atoms with Crippen LogP contribution in [0.25, 0.3) is 0 Å². The number of ether oxygens (including phenoxy) is 1. The average molecular weight is 306 g/mol. The van der Waals surface area contributed by atoms with Crippen LogP contribution in [0, 0.1) is 13.8 Å². The zero-order chi connectivity index (χ0) is 15.9. The molecule has 2 aliphatic heterocycles. The lowest BCUT2D eigenvalue weighted by Crippen LogP contribution is -2.61. The number of furan rings is 1. The topological polar surface area (TPSA) is 63.0 Å². The third kappa shape index (κ3) is 2.63. The van der Waals surface area contributed by atoms with Crippen molar-refractivity contribution in [1.29, 1.82) is 0 Å². The molecule has 2 atom stereocenters. The summed E-state index contributed by atoms with van der Waals surface area (Å²) in [5.74, 6) is 1.40. The molecule has 6 nitrogen and oxygen atoms in total. The molecule has 0 aliphatic carbocycles. The fourth-order valence-corrected chi connectivity index (χ4v) is 3.46. The maximum absolute atomic E-state index is 12.7. The number of hydrogen-bond donors (Lipinski definition) is 0. The smallest absolute Gasteiger partial charge is 0.257 e. The Morgan fingerprint density at radius 2 is 2.05 bits per heavy atom. The number of morpholine rings is 1. The zero-order valence-corrected chi connectivity index (χ0v) is 13.3. The van der Waals surface area contributed by atoms with E-state index in [0.29, 0.717) is 37.6 Å². The van der Waals surface area contributed by atoms with Gasteiger partial charge < -0.3 is 19.0 Å². The highest BCUT2D eigenvalue weighted by Gasteiger charge is 2.40. The van der Waals surface area contributed by atoms with Crippen molar-refractivity contribution in [1.82, 2.24) is 9.80 Å². The summed E-state index contributed by atoms with van der Waals surface area (Å²) >= 11 is 0. The Kier molecular flexibility index (Phi) is 3.95. The first kappa shape index (κ1) is 15.1. The van der Waals surface area contributed by atoms with Crippen molar-refractivity contribution in [2.45, 2.75) is 39.3 Å². The van der Waals surface area contributed by atoms with Gasteiger partial charge in [-0.3, -0.25) is 9.59 Å². The third-order valence-corrected chi connectivity index (χ3v) is 4.55. The minimum Gasteiger partial charge on any atom is -0.466 e. The fraction of sp³-hybridized carbons (Fsp3) is 0.625. The molecule has 0 radical (unpaired) electrons. The summed E-state index contributed by atoms with van der Waals surface area (Å²) in [7, 11) is 0. The van der Waals surface area contributed by atoms with E-state index in [1.165, 1.54) is 0 Å². The second-order valence-electron chi connectivity index (χ2n) is 6.06. The van der Waals surface area contributed by atoms with E-state index in [0.717, 1.165) is 12.2 Å². The van der Waals surface area contributed by atoms with Crippen molar-refractivity contribution < 1.29 is 18.7 Å². The Hall–Kier alpha value is -1.82. The van der Waals surface area contributed by atoms with Crippen molar-refractivity contribution in [3.63, 3.8) is 0 Å². The van der Waals surface area contributed by atoms with Gasteiger partial charge in [0.2, 0.25) is 5.91 Å². The van der Waals surface area contributed by atoms with E-state index in [9.17, 15) is 9.59 Å². The van der Waals surface area contributed by atoms with Gasteiger partial charge in [-0.1, -0.05) is 0 Å². The van der Waals surface area contributed by atoms with Crippen LogP contribution in [0.2, 0.25) is 0 Å². The first-order valence-corrected chi connectivity index (χ1v) is 7.72. The molecule has 0 aromatic carbocycles. The first-order valence-electron chi connectivity index (χ1n) is 7.72. The maximum Gasteiger partial charge on any atom is 0.257 e. The molecule has 0 N–H and O–H groups in total. The van der Waals surface area contributed by atoms with Gasteiger partial charge in [0.15, 0.2) is 0 Å². The molecule has 6 heteroatoms. The van der Waals surface area contributed by atoms with E-state index in [4.69, 9.17) is 9.15 Å². The van der Waals surface area contributed by atoms with Crippen LogP contribution in [0.15, 0.2) is 10.5 Å². The average Bonchev–Trinajstić information content (AvgIpc) is 2.83. The second kappa shape index (κ2) is 5.76. The van der Waals surface area contributed by atoms with Crippen molar-refractivity contribution in [3.05, 3.63) is 23.2 Å². The van der Waals surface area contributed by atoms with E-state index in [1.807, 2.05) is 16.7 Å². The maximum atomic E-state index is 12.7. The summed E-state index contributed by atoms with van der Waals surface area (Å²) in [6.45, 7) is 7.56. The molecule has 120 valence electrons. The summed E-state index contributed by atoms with van der Waals surface area (Å²) < 4.78 is 11.2. The van der Waals surface area contributed by atoms with Crippen molar-refractivity contribution >= 4 is 11.8 Å². The molecule has 3 heterocycles. The fourth-order valence-electron chi connectivity index (χ4n) is 3.46. The summed E-state index contributed by atoms with van der Waals surface area (Å²) in [6.07, 6.45) is 0.796. The predicted molar refractivity (Wildman–Crippen MR) is 79.6 cm³/mol. The highest BCUT2D eigenvalue weighted by Crippen LogP contribution is 2.25. The number of aryl methyl sites for hydroxylation is 2. The Bertz CT molecular complexity index is 595. The van der Waals surface area contributed by atoms with E-state index in [1.54, 1.807) is 19.9 Å². The van der Waals surface area contributed by atoms with Gasteiger partial charge in [0.25, 0.3) is 5.91 Å². The Balaban J connectivity index is 1.78. The van der Waals surface area contributed by atoms with Crippen molar-refractivity contribution in [2.75, 3.05) is 26.2 Å². The molecule has 2 fully saturated rings. The molecule has 22 heavy (non-hydrogen) atoms. The van der Waals surface area contributed by atoms with Gasteiger partial charge in [-0.05, 0) is 26.3 Å². The van der Waals surface area contributed by atoms with Gasteiger partial charge in [-0.15, -0.1) is 0 Å². The van der Waals surface area contributed by atoms with Crippen LogP contribution in [0.1, 0.15) is 35.2 Å². The monoisotopic (exact) mass is 306 g/mol. The SMILES string of the molecule is CC(=O)N1CCO[C@@H]2CCN(C(=O)c3cc(C)oc3C)C[C@H]21. The van der Waals surface area contributed by atoms with E-state index >= 15 is 0 Å². The second-order valence-corrected chi connectivity index (χ2v) is 6.06. The van der Waals surface area contributed by atoms with Crippen molar-refractivity contribution in [2.24, 2.45) is 0 Å². The Labute approximate surface area is 130 Å². The van der Waals surface area contributed by atoms with Crippen LogP contribution >= 0.6 is 0 Å². The van der Waals surface area contributed by atoms with Gasteiger partial charge in [-0.2, -0.15) is 0 Å². The summed E-state index contributed by atoms with van der Waals surface area (Å²) in [5.41, 5.74) is 0.613. The number of amides is 2. The summed E-state index contributed by atoms with van der Waals surface area (Å²) in [5, 5.41) is 0. The largest absolute Gasteiger partial charge is 0.466 e.